The van der Waals surface area contributed by atoms with Gasteiger partial charge in [-0.25, -0.2) is 13.1 Å². The fourth-order valence-electron chi connectivity index (χ4n) is 2.22. The van der Waals surface area contributed by atoms with Crippen LogP contribution in [0, 0.1) is 0 Å². The molecule has 0 spiro atoms. The summed E-state index contributed by atoms with van der Waals surface area (Å²) < 4.78 is 32.1. The molecule has 112 valence electrons. The molecule has 20 heavy (non-hydrogen) atoms. The molecule has 2 heterocycles. The number of ether oxygens (including phenoxy) is 1. The van der Waals surface area contributed by atoms with Gasteiger partial charge < -0.3 is 9.84 Å². The summed E-state index contributed by atoms with van der Waals surface area (Å²) in [5, 5.41) is 9.50. The predicted molar refractivity (Wildman–Crippen MR) is 74.7 cm³/mol. The van der Waals surface area contributed by atoms with Gasteiger partial charge in [0.05, 0.1) is 17.9 Å². The molecule has 2 N–H and O–H groups in total. The summed E-state index contributed by atoms with van der Waals surface area (Å²) in [7, 11) is -3.46. The van der Waals surface area contributed by atoms with Crippen LogP contribution in [0.15, 0.2) is 24.4 Å². The van der Waals surface area contributed by atoms with Gasteiger partial charge in [0.15, 0.2) is 0 Å². The Kier molecular flexibility index (Phi) is 5.09. The van der Waals surface area contributed by atoms with E-state index in [4.69, 9.17) is 4.74 Å². The van der Waals surface area contributed by atoms with Crippen LogP contribution in [0.5, 0.6) is 0 Å². The molecule has 1 aliphatic rings. The minimum Gasteiger partial charge on any atom is -0.394 e. The molecule has 0 aliphatic carbocycles. The highest BCUT2D eigenvalue weighted by atomic mass is 32.2. The van der Waals surface area contributed by atoms with Crippen molar-refractivity contribution in [2.45, 2.75) is 24.8 Å². The minimum absolute atomic E-state index is 0.0351. The summed E-state index contributed by atoms with van der Waals surface area (Å²) in [6, 6.07) is 5.42. The van der Waals surface area contributed by atoms with Gasteiger partial charge in [-0.15, -0.1) is 0 Å². The highest BCUT2D eigenvalue weighted by Crippen LogP contribution is 2.21. The largest absolute Gasteiger partial charge is 0.394 e. The number of aliphatic hydroxyl groups excluding tert-OH is 1. The Morgan fingerprint density at radius 1 is 1.35 bits per heavy atom. The maximum absolute atomic E-state index is 12.1. The van der Waals surface area contributed by atoms with Crippen LogP contribution in [0.2, 0.25) is 0 Å². The van der Waals surface area contributed by atoms with E-state index in [0.29, 0.717) is 32.5 Å². The lowest BCUT2D eigenvalue weighted by atomic mass is 9.93. The summed E-state index contributed by atoms with van der Waals surface area (Å²) >= 11 is 0. The predicted octanol–water partition coefficient (Wildman–Crippen LogP) is 0.0850. The highest BCUT2D eigenvalue weighted by molar-refractivity contribution is 7.89. The molecule has 1 aromatic rings. The monoisotopic (exact) mass is 300 g/mol. The summed E-state index contributed by atoms with van der Waals surface area (Å²) in [6.45, 7) is 0.714. The second-order valence-corrected chi connectivity index (χ2v) is 6.88. The fourth-order valence-corrected chi connectivity index (χ4v) is 3.73. The first-order valence-corrected chi connectivity index (χ1v) is 8.31. The molecule has 6 nitrogen and oxygen atoms in total. The van der Waals surface area contributed by atoms with Crippen LogP contribution in [-0.2, 0) is 21.2 Å². The number of hydrogen-bond donors (Lipinski definition) is 2. The Morgan fingerprint density at radius 3 is 2.70 bits per heavy atom. The molecular weight excluding hydrogens is 280 g/mol. The molecule has 0 saturated carbocycles. The first-order chi connectivity index (χ1) is 9.55. The van der Waals surface area contributed by atoms with E-state index in [9.17, 15) is 13.5 Å². The van der Waals surface area contributed by atoms with Gasteiger partial charge in [0.25, 0.3) is 0 Å². The molecule has 0 atom stereocenters. The summed E-state index contributed by atoms with van der Waals surface area (Å²) in [6.07, 6.45) is 2.98. The van der Waals surface area contributed by atoms with Crippen LogP contribution in [0.25, 0.3) is 0 Å². The third-order valence-corrected chi connectivity index (χ3v) is 4.96. The molecule has 7 heteroatoms. The van der Waals surface area contributed by atoms with Crippen molar-refractivity contribution in [2.24, 2.45) is 0 Å². The van der Waals surface area contributed by atoms with Gasteiger partial charge in [-0.05, 0) is 25.0 Å². The van der Waals surface area contributed by atoms with E-state index in [0.717, 1.165) is 5.69 Å². The van der Waals surface area contributed by atoms with Crippen molar-refractivity contribution in [2.75, 3.05) is 25.6 Å². The zero-order valence-corrected chi connectivity index (χ0v) is 12.1. The van der Waals surface area contributed by atoms with Gasteiger partial charge in [-0.3, -0.25) is 4.98 Å². The lowest BCUT2D eigenvalue weighted by Crippen LogP contribution is -2.55. The second kappa shape index (κ2) is 6.62. The standard InChI is InChI=1S/C13H20N2O4S/c16-11-13(5-8-19-9-6-13)15-20(17,18)10-4-12-3-1-2-7-14-12/h1-3,7,15-16H,4-6,8-11H2. The molecule has 0 bridgehead atoms. The summed E-state index contributed by atoms with van der Waals surface area (Å²) in [5.74, 6) is -0.0351. The third kappa shape index (κ3) is 4.24. The van der Waals surface area contributed by atoms with Gasteiger partial charge in [-0.1, -0.05) is 6.07 Å². The molecule has 1 aromatic heterocycles. The van der Waals surface area contributed by atoms with Crippen LogP contribution >= 0.6 is 0 Å². The maximum Gasteiger partial charge on any atom is 0.212 e. The van der Waals surface area contributed by atoms with Crippen molar-refractivity contribution in [1.29, 1.82) is 0 Å². The normalized spacial score (nSPS) is 18.9. The highest BCUT2D eigenvalue weighted by Gasteiger charge is 2.35. The molecule has 1 saturated heterocycles. The Bertz CT molecular complexity index is 512. The van der Waals surface area contributed by atoms with Crippen molar-refractivity contribution < 1.29 is 18.3 Å². The number of hydrogen-bond acceptors (Lipinski definition) is 5. The first kappa shape index (κ1) is 15.4. The van der Waals surface area contributed by atoms with Gasteiger partial charge >= 0.3 is 0 Å². The Labute approximate surface area is 119 Å². The lowest BCUT2D eigenvalue weighted by molar-refractivity contribution is 0.0223. The average Bonchev–Trinajstić information content (AvgIpc) is 2.47. The number of nitrogens with zero attached hydrogens (tertiary/aromatic N) is 1. The van der Waals surface area contributed by atoms with E-state index in [-0.39, 0.29) is 12.4 Å². The number of pyridine rings is 1. The molecule has 0 unspecified atom stereocenters. The van der Waals surface area contributed by atoms with Crippen LogP contribution in [-0.4, -0.2) is 49.6 Å². The molecular formula is C13H20N2O4S. The molecule has 0 radical (unpaired) electrons. The van der Waals surface area contributed by atoms with Crippen molar-refractivity contribution in [3.63, 3.8) is 0 Å². The molecule has 1 aliphatic heterocycles. The smallest absolute Gasteiger partial charge is 0.212 e. The van der Waals surface area contributed by atoms with Crippen LogP contribution in [0.3, 0.4) is 0 Å². The summed E-state index contributed by atoms with van der Waals surface area (Å²) in [4.78, 5) is 4.10. The van der Waals surface area contributed by atoms with E-state index in [2.05, 4.69) is 9.71 Å². The van der Waals surface area contributed by atoms with E-state index in [1.165, 1.54) is 0 Å². The fraction of sp³-hybridized carbons (Fsp3) is 0.615. The molecule has 0 amide bonds. The third-order valence-electron chi connectivity index (χ3n) is 3.48. The quantitative estimate of drug-likeness (QED) is 0.777. The van der Waals surface area contributed by atoms with Crippen LogP contribution < -0.4 is 4.72 Å². The van der Waals surface area contributed by atoms with E-state index in [1.54, 1.807) is 18.3 Å². The minimum atomic E-state index is -3.46. The van der Waals surface area contributed by atoms with Gasteiger partial charge in [-0.2, -0.15) is 0 Å². The van der Waals surface area contributed by atoms with Crippen molar-refractivity contribution in [1.82, 2.24) is 9.71 Å². The number of aliphatic hydroxyl groups is 1. The Morgan fingerprint density at radius 2 is 2.10 bits per heavy atom. The van der Waals surface area contributed by atoms with Crippen molar-refractivity contribution >= 4 is 10.0 Å². The summed E-state index contributed by atoms with van der Waals surface area (Å²) in [5.41, 5.74) is -0.0378. The Hall–Kier alpha value is -1.02. The molecule has 1 fully saturated rings. The molecule has 0 aromatic carbocycles. The SMILES string of the molecule is O=S(=O)(CCc1ccccn1)NC1(CO)CCOCC1. The number of sulfonamides is 1. The second-order valence-electron chi connectivity index (χ2n) is 5.04. The van der Waals surface area contributed by atoms with Crippen molar-refractivity contribution in [3.8, 4) is 0 Å². The average molecular weight is 300 g/mol. The number of nitrogens with one attached hydrogen (secondary N) is 1. The zero-order chi connectivity index (χ0) is 14.5. The van der Waals surface area contributed by atoms with Gasteiger partial charge in [0.2, 0.25) is 10.0 Å². The first-order valence-electron chi connectivity index (χ1n) is 6.65. The number of aromatic nitrogens is 1. The van der Waals surface area contributed by atoms with Crippen molar-refractivity contribution in [3.05, 3.63) is 30.1 Å². The van der Waals surface area contributed by atoms with E-state index < -0.39 is 15.6 Å². The Balaban J connectivity index is 1.96. The lowest BCUT2D eigenvalue weighted by Gasteiger charge is -2.35. The van der Waals surface area contributed by atoms with Crippen LogP contribution in [0.1, 0.15) is 18.5 Å². The number of aryl methyl sites for hydroxylation is 1. The maximum atomic E-state index is 12.1. The van der Waals surface area contributed by atoms with E-state index in [1.807, 2.05) is 6.07 Å². The zero-order valence-electron chi connectivity index (χ0n) is 11.3. The van der Waals surface area contributed by atoms with Crippen LogP contribution in [0.4, 0.5) is 0 Å². The van der Waals surface area contributed by atoms with Gasteiger partial charge in [0.1, 0.15) is 0 Å². The molecule has 2 rings (SSSR count). The van der Waals surface area contributed by atoms with Gasteiger partial charge in [0, 0.05) is 31.5 Å². The number of rotatable bonds is 6. The van der Waals surface area contributed by atoms with E-state index >= 15 is 0 Å². The topological polar surface area (TPSA) is 88.5 Å².